The third-order valence-electron chi connectivity index (χ3n) is 10.4. The van der Waals surface area contributed by atoms with E-state index in [1.54, 1.807) is 0 Å². The molecular weight excluding hydrogens is 683 g/mol. The molecule has 0 aromatic rings. The van der Waals surface area contributed by atoms with Crippen molar-refractivity contribution in [3.63, 3.8) is 0 Å². The van der Waals surface area contributed by atoms with Gasteiger partial charge in [0, 0.05) is 6.42 Å². The van der Waals surface area contributed by atoms with Crippen LogP contribution in [0.5, 0.6) is 0 Å². The van der Waals surface area contributed by atoms with Crippen LogP contribution in [0.1, 0.15) is 226 Å². The average Bonchev–Trinajstić information content (AvgIpc) is 3.18. The first-order chi connectivity index (χ1) is 27.0. The number of hydrogen-bond donors (Lipinski definition) is 3. The Balaban J connectivity index is 4.69. The summed E-state index contributed by atoms with van der Waals surface area (Å²) in [7, 11) is 0. The van der Waals surface area contributed by atoms with Gasteiger partial charge in [-0.15, -0.1) is 0 Å². The van der Waals surface area contributed by atoms with Crippen LogP contribution in [-0.2, 0) is 14.3 Å². The van der Waals surface area contributed by atoms with E-state index in [2.05, 4.69) is 74.7 Å². The van der Waals surface area contributed by atoms with Crippen molar-refractivity contribution < 1.29 is 24.5 Å². The van der Waals surface area contributed by atoms with E-state index in [9.17, 15) is 19.8 Å². The van der Waals surface area contributed by atoms with Crippen LogP contribution < -0.4 is 5.32 Å². The van der Waals surface area contributed by atoms with E-state index >= 15 is 0 Å². The molecule has 3 atom stereocenters. The van der Waals surface area contributed by atoms with Gasteiger partial charge in [-0.2, -0.15) is 0 Å². The molecule has 55 heavy (non-hydrogen) atoms. The zero-order valence-electron chi connectivity index (χ0n) is 36.3. The Morgan fingerprint density at radius 2 is 0.982 bits per heavy atom. The molecule has 6 nitrogen and oxygen atoms in total. The van der Waals surface area contributed by atoms with Crippen LogP contribution in [0.4, 0.5) is 0 Å². The summed E-state index contributed by atoms with van der Waals surface area (Å²) >= 11 is 0. The summed E-state index contributed by atoms with van der Waals surface area (Å²) in [5, 5.41) is 23.6. The predicted molar refractivity (Wildman–Crippen MR) is 236 cm³/mol. The minimum Gasteiger partial charge on any atom is -0.462 e. The SMILES string of the molecule is CCC/C=C\CCCCCCCC(=O)OC(CCCCC/C=C/C=C/C=C/CCCCCCC)CC(=O)NC(CO)C(O)CCCCCCCCCCCC. The van der Waals surface area contributed by atoms with Crippen LogP contribution in [-0.4, -0.2) is 46.9 Å². The maximum absolute atomic E-state index is 13.1. The molecule has 0 aliphatic carbocycles. The van der Waals surface area contributed by atoms with Gasteiger partial charge in [0.15, 0.2) is 0 Å². The van der Waals surface area contributed by atoms with Gasteiger partial charge in [-0.05, 0) is 70.6 Å². The van der Waals surface area contributed by atoms with Gasteiger partial charge in [-0.1, -0.05) is 191 Å². The third kappa shape index (κ3) is 38.5. The predicted octanol–water partition coefficient (Wildman–Crippen LogP) is 13.5. The van der Waals surface area contributed by atoms with Crippen LogP contribution >= 0.6 is 0 Å². The van der Waals surface area contributed by atoms with E-state index in [1.807, 2.05) is 0 Å². The summed E-state index contributed by atoms with van der Waals surface area (Å²) in [5.74, 6) is -0.521. The maximum Gasteiger partial charge on any atom is 0.306 e. The van der Waals surface area contributed by atoms with Gasteiger partial charge in [0.25, 0.3) is 0 Å². The number of carbonyl (C=O) groups excluding carboxylic acids is 2. The Kier molecular flexibility index (Phi) is 41.2. The maximum atomic E-state index is 13.1. The fourth-order valence-electron chi connectivity index (χ4n) is 6.84. The van der Waals surface area contributed by atoms with Crippen LogP contribution in [0, 0.1) is 0 Å². The summed E-state index contributed by atoms with van der Waals surface area (Å²) < 4.78 is 5.88. The second kappa shape index (κ2) is 43.0. The molecular formula is C49H89NO5. The Bertz CT molecular complexity index is 957. The number of ether oxygens (including phenoxy) is 1. The number of amides is 1. The summed E-state index contributed by atoms with van der Waals surface area (Å²) in [5.41, 5.74) is 0. The number of esters is 1. The molecule has 0 saturated carbocycles. The monoisotopic (exact) mass is 772 g/mol. The van der Waals surface area contributed by atoms with Crippen LogP contribution in [0.25, 0.3) is 0 Å². The number of aliphatic hydroxyl groups excluding tert-OH is 2. The lowest BCUT2D eigenvalue weighted by atomic mass is 10.0. The standard InChI is InChI=1S/C49H89NO5/c1-4-7-10-13-16-19-22-23-24-25-26-27-28-31-34-37-40-45(55-49(54)42-39-36-33-30-21-18-15-12-9-6-3)43-48(53)50-46(44-51)47(52)41-38-35-32-29-20-17-14-11-8-5-2/h12,15,22-27,45-47,51-52H,4-11,13-14,16-21,28-44H2,1-3H3,(H,50,53)/b15-12-,23-22+,25-24+,27-26+. The summed E-state index contributed by atoms with van der Waals surface area (Å²) in [6, 6.07) is -0.712. The molecule has 3 N–H and O–H groups in total. The van der Waals surface area contributed by atoms with Gasteiger partial charge in [-0.25, -0.2) is 0 Å². The fraction of sp³-hybridized carbons (Fsp3) is 0.796. The van der Waals surface area contributed by atoms with Crippen molar-refractivity contribution in [3.8, 4) is 0 Å². The Labute approximate surface area is 340 Å². The normalized spacial score (nSPS) is 13.8. The molecule has 0 spiro atoms. The van der Waals surface area contributed by atoms with E-state index in [0.717, 1.165) is 83.5 Å². The van der Waals surface area contributed by atoms with Gasteiger partial charge >= 0.3 is 5.97 Å². The lowest BCUT2D eigenvalue weighted by Crippen LogP contribution is -2.46. The molecule has 0 bridgehead atoms. The molecule has 0 heterocycles. The minimum atomic E-state index is -0.796. The highest BCUT2D eigenvalue weighted by atomic mass is 16.5. The van der Waals surface area contributed by atoms with Crippen LogP contribution in [0.2, 0.25) is 0 Å². The van der Waals surface area contributed by atoms with E-state index in [4.69, 9.17) is 4.74 Å². The second-order valence-corrected chi connectivity index (χ2v) is 15.9. The van der Waals surface area contributed by atoms with Gasteiger partial charge < -0.3 is 20.3 Å². The van der Waals surface area contributed by atoms with Crippen LogP contribution in [0.3, 0.4) is 0 Å². The topological polar surface area (TPSA) is 95.9 Å². The van der Waals surface area contributed by atoms with Crippen molar-refractivity contribution in [3.05, 3.63) is 48.6 Å². The highest BCUT2D eigenvalue weighted by Crippen LogP contribution is 2.17. The largest absolute Gasteiger partial charge is 0.462 e. The number of hydrogen-bond acceptors (Lipinski definition) is 5. The first-order valence-corrected chi connectivity index (χ1v) is 23.4. The van der Waals surface area contributed by atoms with Gasteiger partial charge in [0.05, 0.1) is 25.2 Å². The van der Waals surface area contributed by atoms with Crippen molar-refractivity contribution in [2.24, 2.45) is 0 Å². The summed E-state index contributed by atoms with van der Waals surface area (Å²) in [6.07, 6.45) is 50.3. The minimum absolute atomic E-state index is 0.0513. The van der Waals surface area contributed by atoms with Crippen molar-refractivity contribution in [2.45, 2.75) is 244 Å². The van der Waals surface area contributed by atoms with E-state index in [-0.39, 0.29) is 24.9 Å². The second-order valence-electron chi connectivity index (χ2n) is 15.9. The molecule has 0 aromatic carbocycles. The van der Waals surface area contributed by atoms with Crippen molar-refractivity contribution in [1.82, 2.24) is 5.32 Å². The highest BCUT2D eigenvalue weighted by Gasteiger charge is 2.24. The molecule has 3 unspecified atom stereocenters. The quantitative estimate of drug-likeness (QED) is 0.0249. The molecule has 0 radical (unpaired) electrons. The molecule has 1 amide bonds. The summed E-state index contributed by atoms with van der Waals surface area (Å²) in [4.78, 5) is 26.0. The number of unbranched alkanes of at least 4 members (excludes halogenated alkanes) is 23. The number of carbonyl (C=O) groups is 2. The van der Waals surface area contributed by atoms with Gasteiger partial charge in [-0.3, -0.25) is 9.59 Å². The van der Waals surface area contributed by atoms with E-state index in [0.29, 0.717) is 19.3 Å². The molecule has 0 saturated heterocycles. The zero-order chi connectivity index (χ0) is 40.3. The number of aliphatic hydroxyl groups is 2. The molecule has 0 aromatic heterocycles. The van der Waals surface area contributed by atoms with E-state index < -0.39 is 18.2 Å². The lowest BCUT2D eigenvalue weighted by Gasteiger charge is -2.24. The number of rotatable bonds is 41. The molecule has 0 aliphatic rings. The van der Waals surface area contributed by atoms with Crippen molar-refractivity contribution in [2.75, 3.05) is 6.61 Å². The van der Waals surface area contributed by atoms with E-state index in [1.165, 1.54) is 96.3 Å². The lowest BCUT2D eigenvalue weighted by molar-refractivity contribution is -0.151. The van der Waals surface area contributed by atoms with Crippen molar-refractivity contribution >= 4 is 11.9 Å². The molecule has 6 heteroatoms. The molecule has 320 valence electrons. The molecule has 0 rings (SSSR count). The average molecular weight is 772 g/mol. The Morgan fingerprint density at radius 1 is 0.527 bits per heavy atom. The first-order valence-electron chi connectivity index (χ1n) is 23.4. The highest BCUT2D eigenvalue weighted by molar-refractivity contribution is 5.77. The smallest absolute Gasteiger partial charge is 0.306 e. The van der Waals surface area contributed by atoms with Gasteiger partial charge in [0.1, 0.15) is 6.10 Å². The summed E-state index contributed by atoms with van der Waals surface area (Å²) in [6.45, 7) is 6.37. The molecule has 0 aliphatic heterocycles. The Morgan fingerprint density at radius 3 is 1.53 bits per heavy atom. The first kappa shape index (κ1) is 52.8. The van der Waals surface area contributed by atoms with Crippen LogP contribution in [0.15, 0.2) is 48.6 Å². The third-order valence-corrected chi connectivity index (χ3v) is 10.4. The van der Waals surface area contributed by atoms with Crippen molar-refractivity contribution in [1.29, 1.82) is 0 Å². The number of nitrogens with one attached hydrogen (secondary N) is 1. The zero-order valence-corrected chi connectivity index (χ0v) is 36.3. The Hall–Kier alpha value is -2.18. The molecule has 0 fully saturated rings. The van der Waals surface area contributed by atoms with Gasteiger partial charge in [0.2, 0.25) is 5.91 Å². The fourth-order valence-corrected chi connectivity index (χ4v) is 6.84. The number of allylic oxidation sites excluding steroid dienone is 8.